The maximum atomic E-state index is 11.9. The molecule has 0 aromatic carbocycles. The highest BCUT2D eigenvalue weighted by atomic mass is 32.1. The molecule has 22 heavy (non-hydrogen) atoms. The van der Waals surface area contributed by atoms with Gasteiger partial charge < -0.3 is 10.4 Å². The Morgan fingerprint density at radius 1 is 1.55 bits per heavy atom. The van der Waals surface area contributed by atoms with Gasteiger partial charge in [0.2, 0.25) is 11.8 Å². The van der Waals surface area contributed by atoms with E-state index in [4.69, 9.17) is 5.11 Å². The minimum atomic E-state index is -1.03. The van der Waals surface area contributed by atoms with E-state index in [0.717, 1.165) is 6.42 Å². The molecule has 1 atom stereocenters. The predicted molar refractivity (Wildman–Crippen MR) is 81.9 cm³/mol. The van der Waals surface area contributed by atoms with E-state index in [9.17, 15) is 14.4 Å². The summed E-state index contributed by atoms with van der Waals surface area (Å²) in [5.41, 5.74) is 0.554. The molecule has 2 heterocycles. The summed E-state index contributed by atoms with van der Waals surface area (Å²) in [6, 6.07) is -0.865. The van der Waals surface area contributed by atoms with Gasteiger partial charge in [0.25, 0.3) is 0 Å². The number of carbonyl (C=O) groups is 3. The van der Waals surface area contributed by atoms with Crippen molar-refractivity contribution in [2.45, 2.75) is 45.1 Å². The van der Waals surface area contributed by atoms with Gasteiger partial charge in [-0.25, -0.2) is 9.78 Å². The van der Waals surface area contributed by atoms with Gasteiger partial charge in [-0.15, -0.1) is 11.3 Å². The lowest BCUT2D eigenvalue weighted by Crippen LogP contribution is -2.41. The minimum absolute atomic E-state index is 0.0199. The van der Waals surface area contributed by atoms with Crippen molar-refractivity contribution in [1.29, 1.82) is 0 Å². The largest absolute Gasteiger partial charge is 0.480 e. The molecule has 1 saturated heterocycles. The van der Waals surface area contributed by atoms with Gasteiger partial charge in [0, 0.05) is 18.3 Å². The van der Waals surface area contributed by atoms with Crippen molar-refractivity contribution in [1.82, 2.24) is 10.3 Å². The Morgan fingerprint density at radius 3 is 2.91 bits per heavy atom. The summed E-state index contributed by atoms with van der Waals surface area (Å²) >= 11 is 1.33. The molecule has 0 radical (unpaired) electrons. The lowest BCUT2D eigenvalue weighted by molar-refractivity contribution is -0.141. The van der Waals surface area contributed by atoms with Crippen LogP contribution in [0.25, 0.3) is 0 Å². The molecule has 1 aromatic heterocycles. The molecule has 120 valence electrons. The molecule has 1 aromatic rings. The Morgan fingerprint density at radius 2 is 2.32 bits per heavy atom. The van der Waals surface area contributed by atoms with E-state index >= 15 is 0 Å². The number of carboxylic acids is 1. The normalized spacial score (nSPS) is 15.9. The molecule has 1 aliphatic rings. The molecule has 2 rings (SSSR count). The Bertz CT molecular complexity index is 572. The predicted octanol–water partition coefficient (Wildman–Crippen LogP) is 1.18. The summed E-state index contributed by atoms with van der Waals surface area (Å²) < 4.78 is 0. The summed E-state index contributed by atoms with van der Waals surface area (Å²) in [5, 5.41) is 13.9. The molecule has 0 bridgehead atoms. The van der Waals surface area contributed by atoms with E-state index in [0.29, 0.717) is 36.6 Å². The van der Waals surface area contributed by atoms with Crippen LogP contribution in [0.2, 0.25) is 0 Å². The second-order valence-corrected chi connectivity index (χ2v) is 6.03. The number of rotatable bonds is 7. The number of hydrogen-bond donors (Lipinski definition) is 2. The topological polar surface area (TPSA) is 99.6 Å². The Kier molecular flexibility index (Phi) is 5.48. The summed E-state index contributed by atoms with van der Waals surface area (Å²) in [6.45, 7) is 2.53. The van der Waals surface area contributed by atoms with Gasteiger partial charge in [0.05, 0.1) is 12.1 Å². The second-order valence-electron chi connectivity index (χ2n) is 5.19. The number of carbonyl (C=O) groups excluding carboxylic acids is 2. The van der Waals surface area contributed by atoms with E-state index in [2.05, 4.69) is 10.3 Å². The summed E-state index contributed by atoms with van der Waals surface area (Å²) in [4.78, 5) is 40.5. The highest BCUT2D eigenvalue weighted by Crippen LogP contribution is 2.25. The molecule has 1 fully saturated rings. The zero-order chi connectivity index (χ0) is 16.1. The van der Waals surface area contributed by atoms with Gasteiger partial charge >= 0.3 is 5.97 Å². The first-order valence-corrected chi connectivity index (χ1v) is 8.16. The molecular weight excluding hydrogens is 306 g/mol. The van der Waals surface area contributed by atoms with E-state index in [1.54, 1.807) is 10.3 Å². The highest BCUT2D eigenvalue weighted by molar-refractivity contribution is 7.14. The van der Waals surface area contributed by atoms with Gasteiger partial charge in [-0.05, 0) is 12.8 Å². The number of nitrogens with one attached hydrogen (secondary N) is 1. The van der Waals surface area contributed by atoms with Crippen LogP contribution in [0.15, 0.2) is 5.38 Å². The fourth-order valence-corrected chi connectivity index (χ4v) is 3.18. The molecule has 1 aliphatic heterocycles. The zero-order valence-electron chi connectivity index (χ0n) is 12.4. The van der Waals surface area contributed by atoms with Crippen LogP contribution < -0.4 is 10.2 Å². The molecule has 0 spiro atoms. The Hall–Kier alpha value is -1.96. The second kappa shape index (κ2) is 7.35. The van der Waals surface area contributed by atoms with Crippen LogP contribution in [-0.2, 0) is 20.8 Å². The van der Waals surface area contributed by atoms with Crippen molar-refractivity contribution in [3.8, 4) is 0 Å². The van der Waals surface area contributed by atoms with Gasteiger partial charge in [0.1, 0.15) is 6.04 Å². The first-order chi connectivity index (χ1) is 10.5. The van der Waals surface area contributed by atoms with Crippen molar-refractivity contribution < 1.29 is 19.5 Å². The molecule has 2 N–H and O–H groups in total. The van der Waals surface area contributed by atoms with Crippen molar-refractivity contribution in [3.05, 3.63) is 11.1 Å². The number of anilines is 1. The van der Waals surface area contributed by atoms with E-state index in [-0.39, 0.29) is 18.2 Å². The van der Waals surface area contributed by atoms with E-state index < -0.39 is 12.0 Å². The maximum absolute atomic E-state index is 11.9. The fraction of sp³-hybridized carbons (Fsp3) is 0.571. The lowest BCUT2D eigenvalue weighted by atomic mass is 10.1. The summed E-state index contributed by atoms with van der Waals surface area (Å²) in [6.07, 6.45) is 2.45. The van der Waals surface area contributed by atoms with Gasteiger partial charge in [-0.1, -0.05) is 13.3 Å². The lowest BCUT2D eigenvalue weighted by Gasteiger charge is -2.13. The number of hydrogen-bond acceptors (Lipinski definition) is 5. The van der Waals surface area contributed by atoms with Crippen LogP contribution in [0.1, 0.15) is 38.3 Å². The average molecular weight is 325 g/mol. The molecule has 2 amide bonds. The summed E-state index contributed by atoms with van der Waals surface area (Å²) in [7, 11) is 0. The average Bonchev–Trinajstić information content (AvgIpc) is 3.06. The number of carboxylic acid groups (broad SMARTS) is 1. The summed E-state index contributed by atoms with van der Waals surface area (Å²) in [5.74, 6) is -1.35. The van der Waals surface area contributed by atoms with Gasteiger partial charge in [-0.3, -0.25) is 14.5 Å². The van der Waals surface area contributed by atoms with Crippen LogP contribution in [0.4, 0.5) is 5.13 Å². The maximum Gasteiger partial charge on any atom is 0.326 e. The van der Waals surface area contributed by atoms with Crippen LogP contribution in [-0.4, -0.2) is 40.5 Å². The third kappa shape index (κ3) is 4.03. The number of thiazole rings is 1. The number of nitrogens with zero attached hydrogens (tertiary/aromatic N) is 2. The third-order valence-corrected chi connectivity index (χ3v) is 4.31. The van der Waals surface area contributed by atoms with Crippen molar-refractivity contribution in [2.75, 3.05) is 11.4 Å². The SMILES string of the molecule is CCCC(NC(=O)Cc1csc(N2CCCC2=O)n1)C(=O)O. The third-order valence-electron chi connectivity index (χ3n) is 3.40. The molecular formula is C14H19N3O4S. The van der Waals surface area contributed by atoms with Crippen LogP contribution in [0.5, 0.6) is 0 Å². The first-order valence-electron chi connectivity index (χ1n) is 7.28. The quantitative estimate of drug-likeness (QED) is 0.784. The first kappa shape index (κ1) is 16.4. The smallest absolute Gasteiger partial charge is 0.326 e. The number of aliphatic carboxylic acids is 1. The zero-order valence-corrected chi connectivity index (χ0v) is 13.2. The molecule has 8 heteroatoms. The fourth-order valence-electron chi connectivity index (χ4n) is 2.31. The number of amides is 2. The van der Waals surface area contributed by atoms with Crippen LogP contribution in [0, 0.1) is 0 Å². The molecule has 0 saturated carbocycles. The van der Waals surface area contributed by atoms with Crippen molar-refractivity contribution in [2.24, 2.45) is 0 Å². The minimum Gasteiger partial charge on any atom is -0.480 e. The number of aromatic nitrogens is 1. The Labute approximate surface area is 132 Å². The van der Waals surface area contributed by atoms with E-state index in [1.807, 2.05) is 6.92 Å². The Balaban J connectivity index is 1.93. The highest BCUT2D eigenvalue weighted by Gasteiger charge is 2.25. The van der Waals surface area contributed by atoms with Crippen molar-refractivity contribution >= 4 is 34.3 Å². The molecule has 7 nitrogen and oxygen atoms in total. The molecule has 1 unspecified atom stereocenters. The van der Waals surface area contributed by atoms with Crippen LogP contribution in [0.3, 0.4) is 0 Å². The molecule has 0 aliphatic carbocycles. The standard InChI is InChI=1S/C14H19N3O4S/c1-2-4-10(13(20)21)16-11(18)7-9-8-22-14(15-9)17-6-3-5-12(17)19/h8,10H,2-7H2,1H3,(H,16,18)(H,20,21). The monoisotopic (exact) mass is 325 g/mol. The van der Waals surface area contributed by atoms with Gasteiger partial charge in [0.15, 0.2) is 5.13 Å². The van der Waals surface area contributed by atoms with Crippen LogP contribution >= 0.6 is 11.3 Å². The van der Waals surface area contributed by atoms with Crippen molar-refractivity contribution in [3.63, 3.8) is 0 Å². The van der Waals surface area contributed by atoms with E-state index in [1.165, 1.54) is 11.3 Å². The van der Waals surface area contributed by atoms with Gasteiger partial charge in [-0.2, -0.15) is 0 Å².